The molecule has 0 heterocycles. The van der Waals surface area contributed by atoms with Crippen LogP contribution in [0, 0.1) is 5.92 Å². The van der Waals surface area contributed by atoms with Gasteiger partial charge in [0.05, 0.1) is 0 Å². The first-order valence-electron chi connectivity index (χ1n) is 7.32. The molecule has 0 amide bonds. The lowest BCUT2D eigenvalue weighted by molar-refractivity contribution is 0.319. The van der Waals surface area contributed by atoms with Crippen LogP contribution in [0.15, 0.2) is 27.1 Å². The SMILES string of the molecule is CCCC(CCC)C(NCC)c1cc(Br)ccc1Br. The number of hydrogen-bond acceptors (Lipinski definition) is 1. The van der Waals surface area contributed by atoms with Crippen molar-refractivity contribution in [3.05, 3.63) is 32.7 Å². The van der Waals surface area contributed by atoms with Gasteiger partial charge in [0.25, 0.3) is 0 Å². The highest BCUT2D eigenvalue weighted by atomic mass is 79.9. The van der Waals surface area contributed by atoms with E-state index in [0.29, 0.717) is 12.0 Å². The molecule has 1 aromatic carbocycles. The molecule has 108 valence electrons. The summed E-state index contributed by atoms with van der Waals surface area (Å²) in [6.07, 6.45) is 5.06. The summed E-state index contributed by atoms with van der Waals surface area (Å²) in [4.78, 5) is 0. The summed E-state index contributed by atoms with van der Waals surface area (Å²) in [5.41, 5.74) is 1.38. The van der Waals surface area contributed by atoms with E-state index in [1.807, 2.05) is 0 Å². The summed E-state index contributed by atoms with van der Waals surface area (Å²) in [5.74, 6) is 0.709. The Morgan fingerprint density at radius 2 is 1.68 bits per heavy atom. The van der Waals surface area contributed by atoms with Crippen LogP contribution in [-0.4, -0.2) is 6.54 Å². The van der Waals surface area contributed by atoms with E-state index in [1.54, 1.807) is 0 Å². The molecule has 0 fully saturated rings. The maximum atomic E-state index is 3.71. The second-order valence-corrected chi connectivity index (χ2v) is 6.81. The van der Waals surface area contributed by atoms with E-state index >= 15 is 0 Å². The van der Waals surface area contributed by atoms with Crippen LogP contribution in [0.2, 0.25) is 0 Å². The molecule has 1 atom stereocenters. The third-order valence-electron chi connectivity index (χ3n) is 3.51. The number of nitrogens with one attached hydrogen (secondary N) is 1. The molecule has 1 aromatic rings. The first-order chi connectivity index (χ1) is 9.13. The number of benzene rings is 1. The van der Waals surface area contributed by atoms with E-state index < -0.39 is 0 Å². The van der Waals surface area contributed by atoms with Gasteiger partial charge in [0.2, 0.25) is 0 Å². The number of rotatable bonds is 8. The van der Waals surface area contributed by atoms with E-state index in [9.17, 15) is 0 Å². The molecule has 0 spiro atoms. The summed E-state index contributed by atoms with van der Waals surface area (Å²) in [6, 6.07) is 6.91. The molecule has 0 saturated carbocycles. The minimum atomic E-state index is 0.441. The molecule has 0 aromatic heterocycles. The molecular weight excluding hydrogens is 366 g/mol. The van der Waals surface area contributed by atoms with Gasteiger partial charge < -0.3 is 5.32 Å². The van der Waals surface area contributed by atoms with Gasteiger partial charge in [-0.1, -0.05) is 65.5 Å². The lowest BCUT2D eigenvalue weighted by atomic mass is 9.86. The van der Waals surface area contributed by atoms with Crippen LogP contribution in [0.1, 0.15) is 58.1 Å². The van der Waals surface area contributed by atoms with E-state index in [0.717, 1.165) is 11.0 Å². The molecule has 3 heteroatoms. The molecule has 0 aliphatic heterocycles. The van der Waals surface area contributed by atoms with E-state index in [-0.39, 0.29) is 0 Å². The monoisotopic (exact) mass is 389 g/mol. The Labute approximate surface area is 134 Å². The zero-order valence-corrected chi connectivity index (χ0v) is 15.4. The second kappa shape index (κ2) is 9.15. The lowest BCUT2D eigenvalue weighted by Gasteiger charge is -2.29. The van der Waals surface area contributed by atoms with Crippen LogP contribution in [0.5, 0.6) is 0 Å². The summed E-state index contributed by atoms with van der Waals surface area (Å²) in [6.45, 7) is 7.75. The molecule has 0 saturated heterocycles. The van der Waals surface area contributed by atoms with Crippen molar-refractivity contribution >= 4 is 31.9 Å². The van der Waals surface area contributed by atoms with E-state index in [4.69, 9.17) is 0 Å². The zero-order chi connectivity index (χ0) is 14.3. The van der Waals surface area contributed by atoms with Crippen molar-refractivity contribution in [3.63, 3.8) is 0 Å². The van der Waals surface area contributed by atoms with Crippen molar-refractivity contribution in [2.24, 2.45) is 5.92 Å². The van der Waals surface area contributed by atoms with Crippen LogP contribution in [0.4, 0.5) is 0 Å². The highest BCUT2D eigenvalue weighted by Gasteiger charge is 2.23. The maximum Gasteiger partial charge on any atom is 0.0360 e. The Morgan fingerprint density at radius 3 is 2.21 bits per heavy atom. The average Bonchev–Trinajstić information content (AvgIpc) is 2.39. The van der Waals surface area contributed by atoms with Crippen LogP contribution in [0.25, 0.3) is 0 Å². The smallest absolute Gasteiger partial charge is 0.0360 e. The van der Waals surface area contributed by atoms with Gasteiger partial charge >= 0.3 is 0 Å². The Balaban J connectivity index is 3.05. The van der Waals surface area contributed by atoms with Gasteiger partial charge in [0.15, 0.2) is 0 Å². The Morgan fingerprint density at radius 1 is 1.05 bits per heavy atom. The normalized spacial score (nSPS) is 12.9. The van der Waals surface area contributed by atoms with Gasteiger partial charge in [-0.3, -0.25) is 0 Å². The summed E-state index contributed by atoms with van der Waals surface area (Å²) >= 11 is 7.30. The van der Waals surface area contributed by atoms with E-state index in [1.165, 1.54) is 35.7 Å². The molecule has 1 N–H and O–H groups in total. The standard InChI is InChI=1S/C16H25Br2N/c1-4-7-12(8-5-2)16(19-6-3)14-11-13(17)9-10-15(14)18/h9-12,16,19H,4-8H2,1-3H3. The summed E-state index contributed by atoms with van der Waals surface area (Å²) < 4.78 is 2.36. The zero-order valence-electron chi connectivity index (χ0n) is 12.2. The fourth-order valence-electron chi connectivity index (χ4n) is 2.72. The fraction of sp³-hybridized carbons (Fsp3) is 0.625. The molecule has 1 rings (SSSR count). The van der Waals surface area contributed by atoms with E-state index in [2.05, 4.69) is 76.1 Å². The first kappa shape index (κ1) is 17.2. The van der Waals surface area contributed by atoms with Crippen molar-refractivity contribution in [3.8, 4) is 0 Å². The topological polar surface area (TPSA) is 12.0 Å². The summed E-state index contributed by atoms with van der Waals surface area (Å²) in [5, 5.41) is 3.69. The lowest BCUT2D eigenvalue weighted by Crippen LogP contribution is -2.28. The predicted molar refractivity (Wildman–Crippen MR) is 91.6 cm³/mol. The van der Waals surface area contributed by atoms with Gasteiger partial charge in [-0.05, 0) is 49.1 Å². The minimum Gasteiger partial charge on any atom is -0.310 e. The molecule has 0 bridgehead atoms. The highest BCUT2D eigenvalue weighted by molar-refractivity contribution is 9.11. The van der Waals surface area contributed by atoms with Gasteiger partial charge in [0, 0.05) is 15.0 Å². The Kier molecular flexibility index (Phi) is 8.27. The van der Waals surface area contributed by atoms with Gasteiger partial charge in [0.1, 0.15) is 0 Å². The average molecular weight is 391 g/mol. The largest absolute Gasteiger partial charge is 0.310 e. The van der Waals surface area contributed by atoms with Crippen molar-refractivity contribution in [1.29, 1.82) is 0 Å². The predicted octanol–water partition coefficient (Wildman–Crippen LogP) is 6.08. The molecular formula is C16H25Br2N. The van der Waals surface area contributed by atoms with Gasteiger partial charge in [-0.15, -0.1) is 0 Å². The minimum absolute atomic E-state index is 0.441. The van der Waals surface area contributed by atoms with Crippen LogP contribution in [0.3, 0.4) is 0 Å². The Bertz CT molecular complexity index is 373. The third-order valence-corrected chi connectivity index (χ3v) is 4.72. The first-order valence-corrected chi connectivity index (χ1v) is 8.90. The number of halogens is 2. The van der Waals surface area contributed by atoms with Gasteiger partial charge in [-0.25, -0.2) is 0 Å². The fourth-order valence-corrected chi connectivity index (χ4v) is 3.59. The Hall–Kier alpha value is 0.140. The van der Waals surface area contributed by atoms with Gasteiger partial charge in [-0.2, -0.15) is 0 Å². The highest BCUT2D eigenvalue weighted by Crippen LogP contribution is 2.35. The second-order valence-electron chi connectivity index (χ2n) is 5.04. The molecule has 0 aliphatic rings. The molecule has 0 radical (unpaired) electrons. The molecule has 0 aliphatic carbocycles. The molecule has 19 heavy (non-hydrogen) atoms. The van der Waals surface area contributed by atoms with Crippen LogP contribution in [-0.2, 0) is 0 Å². The molecule has 1 unspecified atom stereocenters. The number of hydrogen-bond donors (Lipinski definition) is 1. The van der Waals surface area contributed by atoms with Crippen LogP contribution >= 0.6 is 31.9 Å². The van der Waals surface area contributed by atoms with Crippen molar-refractivity contribution in [1.82, 2.24) is 5.32 Å². The maximum absolute atomic E-state index is 3.71. The third kappa shape index (κ3) is 5.20. The van der Waals surface area contributed by atoms with Crippen LogP contribution < -0.4 is 5.32 Å². The van der Waals surface area contributed by atoms with Crippen molar-refractivity contribution in [2.75, 3.05) is 6.54 Å². The molecule has 1 nitrogen and oxygen atoms in total. The quantitative estimate of drug-likeness (QED) is 0.567. The van der Waals surface area contributed by atoms with Crippen molar-refractivity contribution < 1.29 is 0 Å². The van der Waals surface area contributed by atoms with Crippen molar-refractivity contribution in [2.45, 2.75) is 52.5 Å². The summed E-state index contributed by atoms with van der Waals surface area (Å²) in [7, 11) is 0.